The van der Waals surface area contributed by atoms with Crippen LogP contribution in [0.25, 0.3) is 0 Å². The van der Waals surface area contributed by atoms with Crippen LogP contribution in [0.1, 0.15) is 0 Å². The number of nitrogens with zero attached hydrogens (tertiary/aromatic N) is 2. The molecule has 1 rings (SSSR count). The average Bonchev–Trinajstić information content (AvgIpc) is 2.16. The number of hydrogen-bond acceptors (Lipinski definition) is 6. The molecule has 1 aromatic rings. The molecule has 106 valence electrons. The van der Waals surface area contributed by atoms with Crippen molar-refractivity contribution in [3.63, 3.8) is 0 Å². The molecule has 1 aromatic heterocycles. The normalized spacial score (nSPS) is 12.3. The SMILES string of the molecule is O=[N+]([O-])c1ncc(OC(F)(F)F)c(I)c1S(=O)(=O)Cl. The van der Waals surface area contributed by atoms with E-state index in [4.69, 9.17) is 10.7 Å². The van der Waals surface area contributed by atoms with E-state index < -0.39 is 40.4 Å². The second-order valence-corrected chi connectivity index (χ2v) is 6.41. The number of hydrogen-bond donors (Lipinski definition) is 0. The van der Waals surface area contributed by atoms with Crippen molar-refractivity contribution in [2.75, 3.05) is 0 Å². The summed E-state index contributed by atoms with van der Waals surface area (Å²) < 4.78 is 61.3. The predicted octanol–water partition coefficient (Wildman–Crippen LogP) is 2.42. The molecular formula is C6HClF3IN2O5S. The van der Waals surface area contributed by atoms with Gasteiger partial charge in [0.05, 0.1) is 3.57 Å². The lowest BCUT2D eigenvalue weighted by molar-refractivity contribution is -0.392. The molecule has 0 radical (unpaired) electrons. The first-order valence-electron chi connectivity index (χ1n) is 3.97. The van der Waals surface area contributed by atoms with Gasteiger partial charge in [-0.15, -0.1) is 13.2 Å². The Morgan fingerprint density at radius 2 is 2.00 bits per heavy atom. The summed E-state index contributed by atoms with van der Waals surface area (Å²) in [5, 5.41) is 10.6. The molecule has 0 aliphatic rings. The van der Waals surface area contributed by atoms with Gasteiger partial charge in [-0.2, -0.15) is 0 Å². The highest BCUT2D eigenvalue weighted by molar-refractivity contribution is 14.1. The first-order chi connectivity index (χ1) is 8.43. The molecule has 1 heterocycles. The Morgan fingerprint density at radius 3 is 2.37 bits per heavy atom. The van der Waals surface area contributed by atoms with Crippen molar-refractivity contribution in [1.82, 2.24) is 4.98 Å². The summed E-state index contributed by atoms with van der Waals surface area (Å²) in [6.07, 6.45) is -4.72. The second kappa shape index (κ2) is 5.24. The zero-order chi connectivity index (χ0) is 15.0. The van der Waals surface area contributed by atoms with E-state index in [1.54, 1.807) is 0 Å². The lowest BCUT2D eigenvalue weighted by Crippen LogP contribution is -2.19. The van der Waals surface area contributed by atoms with Gasteiger partial charge in [0.1, 0.15) is 0 Å². The zero-order valence-electron chi connectivity index (χ0n) is 8.31. The Balaban J connectivity index is 3.56. The summed E-state index contributed by atoms with van der Waals surface area (Å²) >= 11 is 1.13. The van der Waals surface area contributed by atoms with E-state index in [9.17, 15) is 31.7 Å². The van der Waals surface area contributed by atoms with Crippen LogP contribution in [0, 0.1) is 13.7 Å². The molecule has 0 amide bonds. The molecule has 19 heavy (non-hydrogen) atoms. The van der Waals surface area contributed by atoms with Gasteiger partial charge in [0.25, 0.3) is 9.05 Å². The van der Waals surface area contributed by atoms with Gasteiger partial charge >= 0.3 is 12.2 Å². The summed E-state index contributed by atoms with van der Waals surface area (Å²) in [7, 11) is 0.268. The van der Waals surface area contributed by atoms with Crippen molar-refractivity contribution in [3.8, 4) is 5.75 Å². The molecule has 0 aromatic carbocycles. The minimum absolute atomic E-state index is 0.388. The Labute approximate surface area is 121 Å². The number of aromatic nitrogens is 1. The van der Waals surface area contributed by atoms with Crippen molar-refractivity contribution in [2.24, 2.45) is 0 Å². The first kappa shape index (κ1) is 16.2. The van der Waals surface area contributed by atoms with Crippen molar-refractivity contribution in [2.45, 2.75) is 11.3 Å². The summed E-state index contributed by atoms with van der Waals surface area (Å²) in [6.45, 7) is 0. The summed E-state index contributed by atoms with van der Waals surface area (Å²) in [5.74, 6) is -2.19. The molecule has 0 saturated heterocycles. The van der Waals surface area contributed by atoms with Gasteiger partial charge in [0.2, 0.25) is 0 Å². The third kappa shape index (κ3) is 4.04. The maximum absolute atomic E-state index is 12.0. The lowest BCUT2D eigenvalue weighted by Gasteiger charge is -2.10. The van der Waals surface area contributed by atoms with Crippen LogP contribution in [-0.4, -0.2) is 24.7 Å². The van der Waals surface area contributed by atoms with Crippen LogP contribution in [0.2, 0.25) is 0 Å². The zero-order valence-corrected chi connectivity index (χ0v) is 12.0. The van der Waals surface area contributed by atoms with E-state index >= 15 is 0 Å². The number of ether oxygens (including phenoxy) is 1. The monoisotopic (exact) mass is 432 g/mol. The average molecular weight is 433 g/mol. The van der Waals surface area contributed by atoms with Gasteiger partial charge in [0, 0.05) is 10.7 Å². The highest BCUT2D eigenvalue weighted by Crippen LogP contribution is 2.37. The largest absolute Gasteiger partial charge is 0.573 e. The van der Waals surface area contributed by atoms with Crippen LogP contribution in [0.4, 0.5) is 19.0 Å². The molecule has 7 nitrogen and oxygen atoms in total. The maximum Gasteiger partial charge on any atom is 0.573 e. The van der Waals surface area contributed by atoms with Crippen LogP contribution in [-0.2, 0) is 9.05 Å². The van der Waals surface area contributed by atoms with Gasteiger partial charge in [-0.05, 0) is 32.5 Å². The third-order valence-corrected chi connectivity index (χ3v) is 4.34. The Bertz CT molecular complexity index is 634. The fourth-order valence-electron chi connectivity index (χ4n) is 0.987. The minimum atomic E-state index is -5.11. The van der Waals surface area contributed by atoms with Crippen LogP contribution in [0.15, 0.2) is 11.1 Å². The molecule has 0 bridgehead atoms. The standard InChI is InChI=1S/C6HClF3IN2O5S/c7-19(16,17)4-3(11)2(18-6(8,9)10)1-12-5(4)13(14)15/h1H. The number of rotatable bonds is 3. The Kier molecular flexibility index (Phi) is 4.46. The summed E-state index contributed by atoms with van der Waals surface area (Å²) in [5.41, 5.74) is 0. The molecule has 0 aliphatic carbocycles. The van der Waals surface area contributed by atoms with E-state index in [1.165, 1.54) is 0 Å². The van der Waals surface area contributed by atoms with Crippen molar-refractivity contribution in [3.05, 3.63) is 19.9 Å². The molecule has 0 N–H and O–H groups in total. The van der Waals surface area contributed by atoms with E-state index in [0.29, 0.717) is 6.20 Å². The number of nitro groups is 1. The summed E-state index contributed by atoms with van der Waals surface area (Å²) in [4.78, 5) is 11.2. The van der Waals surface area contributed by atoms with Crippen LogP contribution >= 0.6 is 33.3 Å². The van der Waals surface area contributed by atoms with E-state index in [2.05, 4.69) is 9.72 Å². The molecule has 0 atom stereocenters. The molecular weight excluding hydrogens is 431 g/mol. The number of alkyl halides is 3. The van der Waals surface area contributed by atoms with Crippen molar-refractivity contribution < 1.29 is 31.2 Å². The minimum Gasteiger partial charge on any atom is -0.401 e. The smallest absolute Gasteiger partial charge is 0.401 e. The van der Waals surface area contributed by atoms with Crippen LogP contribution in [0.5, 0.6) is 5.75 Å². The van der Waals surface area contributed by atoms with Gasteiger partial charge < -0.3 is 14.9 Å². The van der Waals surface area contributed by atoms with Crippen LogP contribution in [0.3, 0.4) is 0 Å². The van der Waals surface area contributed by atoms with Crippen molar-refractivity contribution in [1.29, 1.82) is 0 Å². The van der Waals surface area contributed by atoms with Crippen molar-refractivity contribution >= 4 is 48.1 Å². The Hall–Kier alpha value is -0.890. The highest BCUT2D eigenvalue weighted by atomic mass is 127. The molecule has 13 heteroatoms. The van der Waals surface area contributed by atoms with Crippen LogP contribution < -0.4 is 4.74 Å². The van der Waals surface area contributed by atoms with Gasteiger partial charge in [-0.25, -0.2) is 8.42 Å². The fourth-order valence-corrected chi connectivity index (χ4v) is 3.84. The first-order valence-corrected chi connectivity index (χ1v) is 7.35. The van der Waals surface area contributed by atoms with Gasteiger partial charge in [-0.1, -0.05) is 0 Å². The molecule has 0 fully saturated rings. The fraction of sp³-hybridized carbons (Fsp3) is 0.167. The van der Waals surface area contributed by atoms with E-state index in [0.717, 1.165) is 22.6 Å². The lowest BCUT2D eigenvalue weighted by atomic mass is 10.4. The maximum atomic E-state index is 12.0. The number of pyridine rings is 1. The van der Waals surface area contributed by atoms with Gasteiger partial charge in [0.15, 0.2) is 16.8 Å². The molecule has 0 unspecified atom stereocenters. The second-order valence-electron chi connectivity index (χ2n) is 2.83. The van der Waals surface area contributed by atoms with E-state index in [1.807, 2.05) is 0 Å². The molecule has 0 saturated carbocycles. The van der Waals surface area contributed by atoms with Gasteiger partial charge in [-0.3, -0.25) is 0 Å². The highest BCUT2D eigenvalue weighted by Gasteiger charge is 2.37. The van der Waals surface area contributed by atoms with E-state index in [-0.39, 0.29) is 0 Å². The molecule has 0 aliphatic heterocycles. The summed E-state index contributed by atoms with van der Waals surface area (Å²) in [6, 6.07) is 0. The predicted molar refractivity (Wildman–Crippen MR) is 63.3 cm³/mol. The molecule has 0 spiro atoms. The third-order valence-electron chi connectivity index (χ3n) is 1.57. The Morgan fingerprint density at radius 1 is 1.47 bits per heavy atom. The number of halogens is 5. The topological polar surface area (TPSA) is 99.4 Å². The quantitative estimate of drug-likeness (QED) is 0.315.